The number of nitrogens with zero attached hydrogens (tertiary/aromatic N) is 3. The maximum Gasteiger partial charge on any atom is 0.274 e. The molecule has 0 unspecified atom stereocenters. The van der Waals surface area contributed by atoms with Crippen LogP contribution in [0.2, 0.25) is 0 Å². The summed E-state index contributed by atoms with van der Waals surface area (Å²) in [6, 6.07) is 0. The molecule has 0 aromatic carbocycles. The Balaban J connectivity index is 1.95. The molecular formula is C12H19N5O2. The van der Waals surface area contributed by atoms with E-state index >= 15 is 0 Å². The van der Waals surface area contributed by atoms with Crippen molar-refractivity contribution in [1.29, 1.82) is 0 Å². The van der Waals surface area contributed by atoms with Gasteiger partial charge in [0.25, 0.3) is 5.91 Å². The molecule has 0 saturated carbocycles. The van der Waals surface area contributed by atoms with Crippen molar-refractivity contribution in [2.24, 2.45) is 5.92 Å². The number of hydrogen-bond donors (Lipinski definition) is 2. The Morgan fingerprint density at radius 2 is 1.84 bits per heavy atom. The lowest BCUT2D eigenvalue weighted by Crippen LogP contribution is -2.51. The van der Waals surface area contributed by atoms with Crippen LogP contribution in [0.4, 0.5) is 5.69 Å². The number of nitrogens with one attached hydrogen (secondary N) is 1. The quantitative estimate of drug-likeness (QED) is 0.782. The molecule has 1 aromatic heterocycles. The molecule has 2 heterocycles. The van der Waals surface area contributed by atoms with Crippen LogP contribution in [-0.2, 0) is 4.79 Å². The van der Waals surface area contributed by atoms with E-state index in [4.69, 9.17) is 5.73 Å². The third-order valence-corrected chi connectivity index (χ3v) is 3.25. The SMILES string of the molecule is CC(C)C(=O)N1CCN(C(=O)c2[nH]ncc2N)CC1. The summed E-state index contributed by atoms with van der Waals surface area (Å²) in [5.74, 6) is -0.0368. The van der Waals surface area contributed by atoms with Crippen molar-refractivity contribution in [2.45, 2.75) is 13.8 Å². The molecule has 0 atom stereocenters. The largest absolute Gasteiger partial charge is 0.396 e. The number of nitrogen functional groups attached to an aromatic ring is 1. The molecule has 2 rings (SSSR count). The van der Waals surface area contributed by atoms with Crippen molar-refractivity contribution in [2.75, 3.05) is 31.9 Å². The zero-order valence-electron chi connectivity index (χ0n) is 11.2. The Hall–Kier alpha value is -2.05. The smallest absolute Gasteiger partial charge is 0.274 e. The number of aromatic amines is 1. The Labute approximate surface area is 111 Å². The Morgan fingerprint density at radius 3 is 2.32 bits per heavy atom. The number of nitrogens with two attached hydrogens (primary N) is 1. The molecule has 3 N–H and O–H groups in total. The van der Waals surface area contributed by atoms with Gasteiger partial charge in [0.15, 0.2) is 0 Å². The number of aromatic nitrogens is 2. The van der Waals surface area contributed by atoms with Crippen LogP contribution in [0.25, 0.3) is 0 Å². The minimum Gasteiger partial charge on any atom is -0.396 e. The van der Waals surface area contributed by atoms with Crippen molar-refractivity contribution in [3.05, 3.63) is 11.9 Å². The molecule has 7 nitrogen and oxygen atoms in total. The van der Waals surface area contributed by atoms with Crippen LogP contribution in [0.1, 0.15) is 24.3 Å². The maximum atomic E-state index is 12.2. The Kier molecular flexibility index (Phi) is 3.73. The zero-order valence-corrected chi connectivity index (χ0v) is 11.2. The summed E-state index contributed by atoms with van der Waals surface area (Å²) in [6.45, 7) is 5.94. The second-order valence-corrected chi connectivity index (χ2v) is 4.97. The molecule has 1 saturated heterocycles. The topological polar surface area (TPSA) is 95.3 Å². The van der Waals surface area contributed by atoms with Crippen LogP contribution in [0.15, 0.2) is 6.20 Å². The first-order valence-corrected chi connectivity index (χ1v) is 6.37. The van der Waals surface area contributed by atoms with E-state index in [1.54, 1.807) is 9.80 Å². The van der Waals surface area contributed by atoms with Crippen LogP contribution in [0, 0.1) is 5.92 Å². The van der Waals surface area contributed by atoms with E-state index in [9.17, 15) is 9.59 Å². The van der Waals surface area contributed by atoms with Crippen molar-refractivity contribution < 1.29 is 9.59 Å². The van der Waals surface area contributed by atoms with E-state index in [2.05, 4.69) is 10.2 Å². The molecule has 0 bridgehead atoms. The monoisotopic (exact) mass is 265 g/mol. The van der Waals surface area contributed by atoms with Crippen molar-refractivity contribution >= 4 is 17.5 Å². The highest BCUT2D eigenvalue weighted by Gasteiger charge is 2.27. The summed E-state index contributed by atoms with van der Waals surface area (Å²) in [4.78, 5) is 27.5. The van der Waals surface area contributed by atoms with Crippen molar-refractivity contribution in [3.8, 4) is 0 Å². The van der Waals surface area contributed by atoms with Gasteiger partial charge in [-0.05, 0) is 0 Å². The highest BCUT2D eigenvalue weighted by molar-refractivity contribution is 5.97. The molecule has 104 valence electrons. The minimum atomic E-state index is -0.161. The fraction of sp³-hybridized carbons (Fsp3) is 0.583. The third-order valence-electron chi connectivity index (χ3n) is 3.25. The molecule has 1 aliphatic rings. The lowest BCUT2D eigenvalue weighted by Gasteiger charge is -2.35. The van der Waals surface area contributed by atoms with Gasteiger partial charge in [-0.1, -0.05) is 13.8 Å². The molecule has 2 amide bonds. The predicted octanol–water partition coefficient (Wildman–Crippen LogP) is -0.0677. The van der Waals surface area contributed by atoms with Gasteiger partial charge in [0.05, 0.1) is 11.9 Å². The van der Waals surface area contributed by atoms with Crippen LogP contribution in [-0.4, -0.2) is 58.0 Å². The first-order valence-electron chi connectivity index (χ1n) is 6.37. The number of anilines is 1. The summed E-state index contributed by atoms with van der Waals surface area (Å²) < 4.78 is 0. The van der Waals surface area contributed by atoms with Gasteiger partial charge < -0.3 is 15.5 Å². The Bertz CT molecular complexity index is 474. The van der Waals surface area contributed by atoms with E-state index in [0.29, 0.717) is 37.6 Å². The molecule has 1 fully saturated rings. The first kappa shape index (κ1) is 13.4. The number of piperazine rings is 1. The van der Waals surface area contributed by atoms with Gasteiger partial charge in [0.2, 0.25) is 5.91 Å². The maximum absolute atomic E-state index is 12.2. The Morgan fingerprint density at radius 1 is 1.26 bits per heavy atom. The van der Waals surface area contributed by atoms with Gasteiger partial charge in [-0.25, -0.2) is 0 Å². The molecule has 19 heavy (non-hydrogen) atoms. The standard InChI is InChI=1S/C12H19N5O2/c1-8(2)11(18)16-3-5-17(6-4-16)12(19)10-9(13)7-14-15-10/h7-8H,3-6,13H2,1-2H3,(H,14,15). The predicted molar refractivity (Wildman–Crippen MR) is 70.3 cm³/mol. The second kappa shape index (κ2) is 5.29. The fourth-order valence-electron chi connectivity index (χ4n) is 2.12. The molecule has 0 aliphatic carbocycles. The first-order chi connectivity index (χ1) is 9.00. The van der Waals surface area contributed by atoms with E-state index < -0.39 is 0 Å². The highest BCUT2D eigenvalue weighted by atomic mass is 16.2. The summed E-state index contributed by atoms with van der Waals surface area (Å²) in [7, 11) is 0. The van der Waals surface area contributed by atoms with Crippen molar-refractivity contribution in [3.63, 3.8) is 0 Å². The summed E-state index contributed by atoms with van der Waals surface area (Å²) in [5.41, 5.74) is 6.33. The summed E-state index contributed by atoms with van der Waals surface area (Å²) >= 11 is 0. The average Bonchev–Trinajstić information content (AvgIpc) is 2.83. The molecule has 1 aliphatic heterocycles. The van der Waals surface area contributed by atoms with E-state index in [0.717, 1.165) is 0 Å². The number of carbonyl (C=O) groups is 2. The van der Waals surface area contributed by atoms with E-state index in [-0.39, 0.29) is 17.7 Å². The van der Waals surface area contributed by atoms with E-state index in [1.807, 2.05) is 13.8 Å². The normalized spacial score (nSPS) is 15.9. The summed E-state index contributed by atoms with van der Waals surface area (Å²) in [5, 5.41) is 6.35. The molecule has 0 spiro atoms. The van der Waals surface area contributed by atoms with E-state index in [1.165, 1.54) is 6.20 Å². The van der Waals surface area contributed by atoms with Gasteiger partial charge in [-0.15, -0.1) is 0 Å². The number of H-pyrrole nitrogens is 1. The van der Waals surface area contributed by atoms with Gasteiger partial charge in [-0.3, -0.25) is 14.7 Å². The highest BCUT2D eigenvalue weighted by Crippen LogP contribution is 2.13. The molecule has 1 aromatic rings. The number of amides is 2. The second-order valence-electron chi connectivity index (χ2n) is 4.97. The van der Waals surface area contributed by atoms with Gasteiger partial charge in [-0.2, -0.15) is 5.10 Å². The number of carbonyl (C=O) groups excluding carboxylic acids is 2. The lowest BCUT2D eigenvalue weighted by molar-refractivity contribution is -0.135. The van der Waals surface area contributed by atoms with Crippen LogP contribution >= 0.6 is 0 Å². The van der Waals surface area contributed by atoms with Crippen LogP contribution < -0.4 is 5.73 Å². The zero-order chi connectivity index (χ0) is 14.0. The minimum absolute atomic E-state index is 0.00879. The number of rotatable bonds is 2. The fourth-order valence-corrected chi connectivity index (χ4v) is 2.12. The van der Waals surface area contributed by atoms with Crippen LogP contribution in [0.3, 0.4) is 0 Å². The molecular weight excluding hydrogens is 246 g/mol. The van der Waals surface area contributed by atoms with Gasteiger partial charge in [0.1, 0.15) is 5.69 Å². The number of hydrogen-bond acceptors (Lipinski definition) is 4. The summed E-state index contributed by atoms with van der Waals surface area (Å²) in [6.07, 6.45) is 1.42. The van der Waals surface area contributed by atoms with Crippen molar-refractivity contribution in [1.82, 2.24) is 20.0 Å². The molecule has 0 radical (unpaired) electrons. The van der Waals surface area contributed by atoms with Gasteiger partial charge in [0, 0.05) is 32.1 Å². The lowest BCUT2D eigenvalue weighted by atomic mass is 10.1. The van der Waals surface area contributed by atoms with Gasteiger partial charge >= 0.3 is 0 Å². The third kappa shape index (κ3) is 2.69. The van der Waals surface area contributed by atoms with Crippen LogP contribution in [0.5, 0.6) is 0 Å². The average molecular weight is 265 g/mol. The molecule has 7 heteroatoms.